The third kappa shape index (κ3) is 5.91. The van der Waals surface area contributed by atoms with E-state index in [1.54, 1.807) is 0 Å². The second-order valence-corrected chi connectivity index (χ2v) is 7.15. The summed E-state index contributed by atoms with van der Waals surface area (Å²) in [6.45, 7) is 14.2. The highest BCUT2D eigenvalue weighted by Gasteiger charge is 2.42. The quantitative estimate of drug-likeness (QED) is 0.526. The first-order valence-corrected chi connectivity index (χ1v) is 9.44. The van der Waals surface area contributed by atoms with Gasteiger partial charge in [-0.05, 0) is 43.6 Å². The van der Waals surface area contributed by atoms with Gasteiger partial charge in [0.2, 0.25) is 5.91 Å². The van der Waals surface area contributed by atoms with Crippen molar-refractivity contribution in [2.45, 2.75) is 92.0 Å². The maximum atomic E-state index is 12.4. The lowest BCUT2D eigenvalue weighted by molar-refractivity contribution is -0.127. The van der Waals surface area contributed by atoms with E-state index in [4.69, 9.17) is 5.73 Å². The van der Waals surface area contributed by atoms with E-state index >= 15 is 0 Å². The van der Waals surface area contributed by atoms with Gasteiger partial charge in [0.1, 0.15) is 5.54 Å². The highest BCUT2D eigenvalue weighted by Crippen LogP contribution is 2.32. The van der Waals surface area contributed by atoms with Crippen molar-refractivity contribution in [1.29, 1.82) is 0 Å². The molecule has 0 radical (unpaired) electrons. The number of nitrogens with one attached hydrogen (secondary N) is 1. The maximum absolute atomic E-state index is 12.4. The molecule has 0 heterocycles. The van der Waals surface area contributed by atoms with Crippen LogP contribution < -0.4 is 11.1 Å². The summed E-state index contributed by atoms with van der Waals surface area (Å²) in [6, 6.07) is 0. The van der Waals surface area contributed by atoms with Crippen LogP contribution in [0.25, 0.3) is 0 Å². The van der Waals surface area contributed by atoms with Gasteiger partial charge in [-0.1, -0.05) is 67.2 Å². The lowest BCUT2D eigenvalue weighted by Gasteiger charge is -2.40. The normalized spacial score (nSPS) is 16.0. The van der Waals surface area contributed by atoms with Gasteiger partial charge in [-0.15, -0.1) is 0 Å². The van der Waals surface area contributed by atoms with E-state index in [0.29, 0.717) is 17.8 Å². The van der Waals surface area contributed by atoms with Gasteiger partial charge in [-0.25, -0.2) is 0 Å². The average Bonchev–Trinajstić information content (AvgIpc) is 2.45. The minimum atomic E-state index is -0.525. The molecule has 0 rings (SSSR count). The topological polar surface area (TPSA) is 55.1 Å². The van der Waals surface area contributed by atoms with Gasteiger partial charge in [0.05, 0.1) is 0 Å². The first kappa shape index (κ1) is 21.4. The van der Waals surface area contributed by atoms with Gasteiger partial charge in [-0.2, -0.15) is 0 Å². The van der Waals surface area contributed by atoms with Crippen molar-refractivity contribution in [1.82, 2.24) is 5.32 Å². The van der Waals surface area contributed by atoms with E-state index in [1.807, 2.05) is 0 Å². The number of hydrogen-bond acceptors (Lipinski definition) is 2. The number of amides is 1. The molecule has 22 heavy (non-hydrogen) atoms. The van der Waals surface area contributed by atoms with E-state index < -0.39 is 5.54 Å². The van der Waals surface area contributed by atoms with Gasteiger partial charge < -0.3 is 11.1 Å². The Bertz CT molecular complexity index is 298. The van der Waals surface area contributed by atoms with Crippen molar-refractivity contribution < 1.29 is 4.79 Å². The van der Waals surface area contributed by atoms with Crippen molar-refractivity contribution in [3.63, 3.8) is 0 Å². The Morgan fingerprint density at radius 1 is 1.05 bits per heavy atom. The molecule has 0 saturated heterocycles. The summed E-state index contributed by atoms with van der Waals surface area (Å²) in [5.41, 5.74) is 5.40. The van der Waals surface area contributed by atoms with Crippen LogP contribution >= 0.6 is 0 Å². The fourth-order valence-corrected chi connectivity index (χ4v) is 3.74. The Kier molecular flexibility index (Phi) is 10.8. The van der Waals surface area contributed by atoms with Crippen molar-refractivity contribution in [3.8, 4) is 0 Å². The molecule has 3 nitrogen and oxygen atoms in total. The molecule has 0 fully saturated rings. The van der Waals surface area contributed by atoms with Gasteiger partial charge >= 0.3 is 0 Å². The van der Waals surface area contributed by atoms with Crippen LogP contribution in [0.5, 0.6) is 0 Å². The minimum Gasteiger partial charge on any atom is -0.368 e. The van der Waals surface area contributed by atoms with Crippen molar-refractivity contribution in [2.75, 3.05) is 6.54 Å². The van der Waals surface area contributed by atoms with E-state index in [1.165, 1.54) is 0 Å². The smallest absolute Gasteiger partial charge is 0.238 e. The van der Waals surface area contributed by atoms with Gasteiger partial charge in [0.15, 0.2) is 0 Å². The monoisotopic (exact) mass is 312 g/mol. The van der Waals surface area contributed by atoms with Crippen LogP contribution in [0.3, 0.4) is 0 Å². The summed E-state index contributed by atoms with van der Waals surface area (Å²) in [7, 11) is 0. The molecule has 0 aliphatic heterocycles. The largest absolute Gasteiger partial charge is 0.368 e. The van der Waals surface area contributed by atoms with Crippen molar-refractivity contribution in [3.05, 3.63) is 0 Å². The zero-order valence-electron chi connectivity index (χ0n) is 15.9. The average molecular weight is 313 g/mol. The molecule has 0 aliphatic rings. The standard InChI is InChI=1S/C19H40N2O/c1-7-11-17(12-8-2)19(13-9-3,18(20)22)21-14-16(10-4)15(5)6/h15-17,21H,7-14H2,1-6H3,(H2,20,22). The van der Waals surface area contributed by atoms with Crippen LogP contribution in [0.2, 0.25) is 0 Å². The molecule has 3 N–H and O–H groups in total. The molecule has 0 saturated carbocycles. The second-order valence-electron chi connectivity index (χ2n) is 7.15. The zero-order valence-corrected chi connectivity index (χ0v) is 15.9. The lowest BCUT2D eigenvalue weighted by Crippen LogP contribution is -2.61. The van der Waals surface area contributed by atoms with Crippen molar-refractivity contribution in [2.24, 2.45) is 23.5 Å². The molecule has 3 heteroatoms. The van der Waals surface area contributed by atoms with Crippen LogP contribution in [0.4, 0.5) is 0 Å². The van der Waals surface area contributed by atoms with E-state index in [-0.39, 0.29) is 5.91 Å². The molecule has 2 unspecified atom stereocenters. The first-order chi connectivity index (χ1) is 10.4. The fraction of sp³-hybridized carbons (Fsp3) is 0.947. The summed E-state index contributed by atoms with van der Waals surface area (Å²) in [6.07, 6.45) is 7.32. The molecule has 0 aliphatic carbocycles. The molecule has 0 aromatic rings. The van der Waals surface area contributed by atoms with Gasteiger partial charge in [0, 0.05) is 0 Å². The summed E-state index contributed by atoms with van der Waals surface area (Å²) in [5.74, 6) is 1.42. The predicted molar refractivity (Wildman–Crippen MR) is 96.8 cm³/mol. The second kappa shape index (κ2) is 11.0. The molecule has 1 amide bonds. The van der Waals surface area contributed by atoms with Crippen molar-refractivity contribution >= 4 is 5.91 Å². The summed E-state index contributed by atoms with van der Waals surface area (Å²) in [5, 5.41) is 3.66. The molecule has 0 bridgehead atoms. The van der Waals surface area contributed by atoms with E-state index in [0.717, 1.165) is 51.5 Å². The number of nitrogens with two attached hydrogens (primary N) is 1. The van der Waals surface area contributed by atoms with Crippen LogP contribution in [0.15, 0.2) is 0 Å². The summed E-state index contributed by atoms with van der Waals surface area (Å²) in [4.78, 5) is 12.4. The highest BCUT2D eigenvalue weighted by atomic mass is 16.1. The molecular formula is C19H40N2O. The molecule has 132 valence electrons. The Hall–Kier alpha value is -0.570. The maximum Gasteiger partial charge on any atom is 0.238 e. The Morgan fingerprint density at radius 2 is 1.59 bits per heavy atom. The Balaban J connectivity index is 5.32. The number of rotatable bonds is 13. The van der Waals surface area contributed by atoms with E-state index in [2.05, 4.69) is 46.9 Å². The number of carbonyl (C=O) groups excluding carboxylic acids is 1. The van der Waals surface area contributed by atoms with Crippen LogP contribution in [0, 0.1) is 17.8 Å². The molecule has 2 atom stereocenters. The first-order valence-electron chi connectivity index (χ1n) is 9.44. The number of carbonyl (C=O) groups is 1. The third-order valence-electron chi connectivity index (χ3n) is 5.20. The SMILES string of the molecule is CCCC(CCC)C(CCC)(NCC(CC)C(C)C)C(N)=O. The predicted octanol–water partition coefficient (Wildman–Crippen LogP) is 4.50. The highest BCUT2D eigenvalue weighted by molar-refractivity contribution is 5.85. The summed E-state index contributed by atoms with van der Waals surface area (Å²) < 4.78 is 0. The van der Waals surface area contributed by atoms with Crippen LogP contribution in [-0.4, -0.2) is 18.0 Å². The van der Waals surface area contributed by atoms with Crippen LogP contribution in [-0.2, 0) is 4.79 Å². The third-order valence-corrected chi connectivity index (χ3v) is 5.20. The lowest BCUT2D eigenvalue weighted by atomic mass is 9.74. The van der Waals surface area contributed by atoms with Crippen LogP contribution in [0.1, 0.15) is 86.5 Å². The Labute approximate surface area is 138 Å². The van der Waals surface area contributed by atoms with Gasteiger partial charge in [0.25, 0.3) is 0 Å². The minimum absolute atomic E-state index is 0.153. The van der Waals surface area contributed by atoms with E-state index in [9.17, 15) is 4.79 Å². The molecular weight excluding hydrogens is 272 g/mol. The molecule has 0 aromatic carbocycles. The Morgan fingerprint density at radius 3 is 1.91 bits per heavy atom. The molecule has 0 spiro atoms. The molecule has 0 aromatic heterocycles. The zero-order chi connectivity index (χ0) is 17.2. The van der Waals surface area contributed by atoms with Gasteiger partial charge in [-0.3, -0.25) is 4.79 Å². The fourth-order valence-electron chi connectivity index (χ4n) is 3.74. The summed E-state index contributed by atoms with van der Waals surface area (Å²) >= 11 is 0. The number of primary amides is 1. The number of hydrogen-bond donors (Lipinski definition) is 2.